The Bertz CT molecular complexity index is 879. The number of hydrogen-bond acceptors (Lipinski definition) is 4. The van der Waals surface area contributed by atoms with Crippen LogP contribution < -0.4 is 20.1 Å². The third-order valence-corrected chi connectivity index (χ3v) is 5.86. The van der Waals surface area contributed by atoms with Crippen LogP contribution in [0.25, 0.3) is 0 Å². The van der Waals surface area contributed by atoms with E-state index in [1.165, 1.54) is 0 Å². The summed E-state index contributed by atoms with van der Waals surface area (Å²) in [5, 5.41) is 6.10. The quantitative estimate of drug-likeness (QED) is 0.655. The summed E-state index contributed by atoms with van der Waals surface area (Å²) in [7, 11) is 0. The average molecular weight is 439 g/mol. The molecule has 2 aromatic carbocycles. The van der Waals surface area contributed by atoms with Crippen LogP contribution in [-0.4, -0.2) is 37.1 Å². The van der Waals surface area contributed by atoms with Crippen LogP contribution in [0.5, 0.6) is 11.5 Å². The molecule has 1 saturated carbocycles. The second-order valence-corrected chi connectivity index (χ2v) is 8.75. The van der Waals surface area contributed by atoms with E-state index in [1.54, 1.807) is 0 Å². The summed E-state index contributed by atoms with van der Waals surface area (Å²) in [6.07, 6.45) is 3.71. The minimum atomic E-state index is -0.177. The van der Waals surface area contributed by atoms with Gasteiger partial charge in [-0.1, -0.05) is 37.1 Å². The Morgan fingerprint density at radius 1 is 0.750 bits per heavy atom. The van der Waals surface area contributed by atoms with Crippen molar-refractivity contribution in [2.75, 3.05) is 13.2 Å². The van der Waals surface area contributed by atoms with Gasteiger partial charge in [-0.05, 0) is 74.9 Å². The third-order valence-electron chi connectivity index (χ3n) is 5.86. The zero-order valence-electron chi connectivity index (χ0n) is 19.5. The van der Waals surface area contributed by atoms with Crippen LogP contribution in [0.1, 0.15) is 47.9 Å². The van der Waals surface area contributed by atoms with Crippen molar-refractivity contribution in [2.24, 2.45) is 0 Å². The molecule has 32 heavy (non-hydrogen) atoms. The molecule has 2 aromatic rings. The molecule has 2 N–H and O–H groups in total. The predicted molar refractivity (Wildman–Crippen MR) is 125 cm³/mol. The van der Waals surface area contributed by atoms with Gasteiger partial charge in [0.1, 0.15) is 11.5 Å². The molecule has 2 amide bonds. The van der Waals surface area contributed by atoms with Crippen molar-refractivity contribution in [3.63, 3.8) is 0 Å². The monoisotopic (exact) mass is 438 g/mol. The van der Waals surface area contributed by atoms with Gasteiger partial charge in [0.15, 0.2) is 13.2 Å². The molecule has 2 atom stereocenters. The first kappa shape index (κ1) is 23.6. The summed E-state index contributed by atoms with van der Waals surface area (Å²) >= 11 is 0. The minimum Gasteiger partial charge on any atom is -0.483 e. The van der Waals surface area contributed by atoms with E-state index in [0.29, 0.717) is 0 Å². The van der Waals surface area contributed by atoms with Gasteiger partial charge in [-0.15, -0.1) is 0 Å². The van der Waals surface area contributed by atoms with Crippen molar-refractivity contribution >= 4 is 11.8 Å². The van der Waals surface area contributed by atoms with Gasteiger partial charge in [0.2, 0.25) is 0 Å². The Kier molecular flexibility index (Phi) is 8.14. The van der Waals surface area contributed by atoms with E-state index in [4.69, 9.17) is 9.47 Å². The van der Waals surface area contributed by atoms with Gasteiger partial charge >= 0.3 is 0 Å². The molecule has 0 unspecified atom stereocenters. The predicted octanol–water partition coefficient (Wildman–Crippen LogP) is 3.92. The summed E-state index contributed by atoms with van der Waals surface area (Å²) in [5.74, 6) is 1.09. The van der Waals surface area contributed by atoms with Gasteiger partial charge < -0.3 is 20.1 Å². The third kappa shape index (κ3) is 6.74. The van der Waals surface area contributed by atoms with Crippen LogP contribution in [0.4, 0.5) is 0 Å². The number of hydrogen-bond donors (Lipinski definition) is 2. The molecule has 0 radical (unpaired) electrons. The number of carbonyl (C=O) groups is 2. The molecule has 3 rings (SSSR count). The van der Waals surface area contributed by atoms with E-state index in [2.05, 4.69) is 10.6 Å². The van der Waals surface area contributed by atoms with Gasteiger partial charge in [-0.2, -0.15) is 0 Å². The molecular weight excluding hydrogens is 404 g/mol. The molecule has 172 valence electrons. The molecule has 0 bridgehead atoms. The zero-order chi connectivity index (χ0) is 23.1. The smallest absolute Gasteiger partial charge is 0.258 e. The van der Waals surface area contributed by atoms with Crippen molar-refractivity contribution in [3.8, 4) is 11.5 Å². The van der Waals surface area contributed by atoms with Gasteiger partial charge in [0.25, 0.3) is 11.8 Å². The Labute approximate surface area is 190 Å². The Morgan fingerprint density at radius 2 is 1.16 bits per heavy atom. The first-order valence-corrected chi connectivity index (χ1v) is 11.3. The molecule has 0 aromatic heterocycles. The van der Waals surface area contributed by atoms with E-state index >= 15 is 0 Å². The Balaban J connectivity index is 1.50. The molecular formula is C26H34N2O4. The number of nitrogens with one attached hydrogen (secondary N) is 2. The molecule has 6 nitrogen and oxygen atoms in total. The Hall–Kier alpha value is -3.02. The van der Waals surface area contributed by atoms with Crippen LogP contribution >= 0.6 is 0 Å². The van der Waals surface area contributed by atoms with Gasteiger partial charge in [0.05, 0.1) is 0 Å². The van der Waals surface area contributed by atoms with Crippen LogP contribution in [0.2, 0.25) is 0 Å². The highest BCUT2D eigenvalue weighted by molar-refractivity contribution is 5.79. The SMILES string of the molecule is Cc1ccc(C)c(OCC(=O)N[C@H]2CCCC[C@H]2NC(=O)COc2cc(C)ccc2C)c1. The largest absolute Gasteiger partial charge is 0.483 e. The van der Waals surface area contributed by atoms with Crippen molar-refractivity contribution < 1.29 is 19.1 Å². The molecule has 1 aliphatic rings. The second kappa shape index (κ2) is 11.0. The molecule has 1 fully saturated rings. The van der Waals surface area contributed by atoms with Crippen molar-refractivity contribution in [2.45, 2.75) is 65.5 Å². The zero-order valence-corrected chi connectivity index (χ0v) is 19.5. The highest BCUT2D eigenvalue weighted by Crippen LogP contribution is 2.21. The summed E-state index contributed by atoms with van der Waals surface area (Å²) in [6.45, 7) is 7.81. The van der Waals surface area contributed by atoms with E-state index in [-0.39, 0.29) is 37.1 Å². The van der Waals surface area contributed by atoms with E-state index in [0.717, 1.165) is 59.4 Å². The number of benzene rings is 2. The number of ether oxygens (including phenoxy) is 2. The molecule has 0 spiro atoms. The minimum absolute atomic E-state index is 0.0444. The molecule has 0 heterocycles. The fraction of sp³-hybridized carbons (Fsp3) is 0.462. The molecule has 6 heteroatoms. The lowest BCUT2D eigenvalue weighted by Gasteiger charge is -2.32. The van der Waals surface area contributed by atoms with Gasteiger partial charge in [-0.3, -0.25) is 9.59 Å². The molecule has 0 saturated heterocycles. The summed E-state index contributed by atoms with van der Waals surface area (Å²) < 4.78 is 11.5. The van der Waals surface area contributed by atoms with Gasteiger partial charge in [0, 0.05) is 12.1 Å². The lowest BCUT2D eigenvalue weighted by Crippen LogP contribution is -2.54. The van der Waals surface area contributed by atoms with Gasteiger partial charge in [-0.25, -0.2) is 0 Å². The summed E-state index contributed by atoms with van der Waals surface area (Å²) in [4.78, 5) is 25.0. The lowest BCUT2D eigenvalue weighted by atomic mass is 9.90. The van der Waals surface area contributed by atoms with Crippen molar-refractivity contribution in [1.82, 2.24) is 10.6 Å². The number of rotatable bonds is 8. The van der Waals surface area contributed by atoms with E-state index < -0.39 is 0 Å². The first-order valence-electron chi connectivity index (χ1n) is 11.3. The van der Waals surface area contributed by atoms with Crippen LogP contribution in [0.3, 0.4) is 0 Å². The molecule has 1 aliphatic carbocycles. The molecule has 0 aliphatic heterocycles. The first-order chi connectivity index (χ1) is 15.3. The maximum atomic E-state index is 12.5. The van der Waals surface area contributed by atoms with Crippen molar-refractivity contribution in [3.05, 3.63) is 58.7 Å². The topological polar surface area (TPSA) is 76.7 Å². The number of carbonyl (C=O) groups excluding carboxylic acids is 2. The fourth-order valence-electron chi connectivity index (χ4n) is 3.99. The fourth-order valence-corrected chi connectivity index (χ4v) is 3.99. The second-order valence-electron chi connectivity index (χ2n) is 8.75. The average Bonchev–Trinajstić information content (AvgIpc) is 2.76. The van der Waals surface area contributed by atoms with E-state index in [1.807, 2.05) is 64.1 Å². The number of aryl methyl sites for hydroxylation is 4. The Morgan fingerprint density at radius 3 is 1.56 bits per heavy atom. The summed E-state index contributed by atoms with van der Waals surface area (Å²) in [5.41, 5.74) is 4.17. The number of amides is 2. The standard InChI is InChI=1S/C26H34N2O4/c1-17-9-11-19(3)23(13-17)31-15-25(29)27-21-7-5-6-8-22(21)28-26(30)16-32-24-14-18(2)10-12-20(24)4/h9-14,21-22H,5-8,15-16H2,1-4H3,(H,27,29)(H,28,30)/t21-,22+. The van der Waals surface area contributed by atoms with Crippen LogP contribution in [0.15, 0.2) is 36.4 Å². The van der Waals surface area contributed by atoms with E-state index in [9.17, 15) is 9.59 Å². The van der Waals surface area contributed by atoms with Crippen LogP contribution in [-0.2, 0) is 9.59 Å². The highest BCUT2D eigenvalue weighted by atomic mass is 16.5. The maximum absolute atomic E-state index is 12.5. The van der Waals surface area contributed by atoms with Crippen molar-refractivity contribution in [1.29, 1.82) is 0 Å². The highest BCUT2D eigenvalue weighted by Gasteiger charge is 2.28. The van der Waals surface area contributed by atoms with Crippen LogP contribution in [0, 0.1) is 27.7 Å². The maximum Gasteiger partial charge on any atom is 0.258 e. The lowest BCUT2D eigenvalue weighted by molar-refractivity contribution is -0.127. The normalized spacial score (nSPS) is 18.0. The summed E-state index contributed by atoms with van der Waals surface area (Å²) in [6, 6.07) is 11.6.